The summed E-state index contributed by atoms with van der Waals surface area (Å²) in [5, 5.41) is 23.9. The van der Waals surface area contributed by atoms with Gasteiger partial charge in [0, 0.05) is 22.2 Å². The highest BCUT2D eigenvalue weighted by atomic mass is 16.3. The molecule has 4 heteroatoms. The Kier molecular flexibility index (Phi) is 2.71. The number of nitrogens with zero attached hydrogens (tertiary/aromatic N) is 2. The number of anilines is 1. The molecule has 4 nitrogen and oxygen atoms in total. The van der Waals surface area contributed by atoms with Crippen LogP contribution in [0.15, 0.2) is 24.3 Å². The number of aryl methyl sites for hydroxylation is 1. The van der Waals surface area contributed by atoms with Gasteiger partial charge in [-0.1, -0.05) is 38.1 Å². The van der Waals surface area contributed by atoms with Crippen LogP contribution < -0.4 is 5.32 Å². The zero-order valence-corrected chi connectivity index (χ0v) is 11.5. The first-order chi connectivity index (χ1) is 9.00. The minimum absolute atomic E-state index is 0.117. The van der Waals surface area contributed by atoms with Gasteiger partial charge in [-0.3, -0.25) is 0 Å². The molecule has 0 amide bonds. The van der Waals surface area contributed by atoms with Gasteiger partial charge in [-0.05, 0) is 13.3 Å². The molecule has 3 rings (SSSR count). The third-order valence-corrected chi connectivity index (χ3v) is 4.40. The molecule has 1 aliphatic carbocycles. The number of aliphatic hydroxyl groups excluding tert-OH is 1. The minimum Gasteiger partial charge on any atom is -0.392 e. The van der Waals surface area contributed by atoms with Crippen molar-refractivity contribution in [2.24, 2.45) is 5.41 Å². The molecule has 100 valence electrons. The van der Waals surface area contributed by atoms with Gasteiger partial charge in [0.2, 0.25) is 0 Å². The monoisotopic (exact) mass is 257 g/mol. The molecule has 19 heavy (non-hydrogen) atoms. The first-order valence-electron chi connectivity index (χ1n) is 6.67. The van der Waals surface area contributed by atoms with Crippen molar-refractivity contribution in [2.45, 2.75) is 39.3 Å². The van der Waals surface area contributed by atoms with Gasteiger partial charge in [0.15, 0.2) is 5.82 Å². The van der Waals surface area contributed by atoms with Gasteiger partial charge in [-0.25, -0.2) is 0 Å². The Hall–Kier alpha value is -1.68. The van der Waals surface area contributed by atoms with E-state index < -0.39 is 0 Å². The Morgan fingerprint density at radius 3 is 2.53 bits per heavy atom. The maximum absolute atomic E-state index is 9.81. The van der Waals surface area contributed by atoms with Crippen LogP contribution in [0.5, 0.6) is 0 Å². The summed E-state index contributed by atoms with van der Waals surface area (Å²) in [5.41, 5.74) is 0.822. The summed E-state index contributed by atoms with van der Waals surface area (Å²) in [6, 6.07) is 8.38. The van der Waals surface area contributed by atoms with E-state index in [9.17, 15) is 5.11 Å². The molecule has 1 saturated carbocycles. The van der Waals surface area contributed by atoms with E-state index in [4.69, 9.17) is 0 Å². The van der Waals surface area contributed by atoms with Gasteiger partial charge in [0.25, 0.3) is 0 Å². The molecule has 2 atom stereocenters. The van der Waals surface area contributed by atoms with Crippen LogP contribution >= 0.6 is 0 Å². The fourth-order valence-corrected chi connectivity index (χ4v) is 2.66. The maximum atomic E-state index is 9.81. The van der Waals surface area contributed by atoms with Crippen molar-refractivity contribution in [3.05, 3.63) is 30.0 Å². The SMILES string of the molecule is Cc1nnc(NC2CC(O)C2(C)C)c2ccccc12. The number of hydrogen-bond acceptors (Lipinski definition) is 4. The van der Waals surface area contributed by atoms with Gasteiger partial charge in [-0.15, -0.1) is 5.10 Å². The summed E-state index contributed by atoms with van der Waals surface area (Å²) < 4.78 is 0. The predicted octanol–water partition coefficient (Wildman–Crippen LogP) is 2.51. The molecule has 1 aliphatic rings. The lowest BCUT2D eigenvalue weighted by Gasteiger charge is -2.49. The van der Waals surface area contributed by atoms with Crippen molar-refractivity contribution in [3.8, 4) is 0 Å². The van der Waals surface area contributed by atoms with Crippen LogP contribution in [0.3, 0.4) is 0 Å². The van der Waals surface area contributed by atoms with E-state index in [-0.39, 0.29) is 17.6 Å². The van der Waals surface area contributed by atoms with E-state index >= 15 is 0 Å². The molecule has 0 aliphatic heterocycles. The summed E-state index contributed by atoms with van der Waals surface area (Å²) in [4.78, 5) is 0. The van der Waals surface area contributed by atoms with Gasteiger partial charge in [0.05, 0.1) is 11.8 Å². The topological polar surface area (TPSA) is 58.0 Å². The first kappa shape index (κ1) is 12.4. The fourth-order valence-electron chi connectivity index (χ4n) is 2.66. The molecular formula is C15H19N3O. The molecule has 0 bridgehead atoms. The molecule has 1 aromatic heterocycles. The van der Waals surface area contributed by atoms with Crippen LogP contribution in [0, 0.1) is 12.3 Å². The quantitative estimate of drug-likeness (QED) is 0.868. The second kappa shape index (κ2) is 4.17. The van der Waals surface area contributed by atoms with Crippen LogP contribution in [-0.2, 0) is 0 Å². The lowest BCUT2D eigenvalue weighted by atomic mass is 9.64. The van der Waals surface area contributed by atoms with E-state index in [0.717, 1.165) is 28.7 Å². The van der Waals surface area contributed by atoms with Crippen molar-refractivity contribution in [3.63, 3.8) is 0 Å². The lowest BCUT2D eigenvalue weighted by molar-refractivity contribution is -0.0511. The molecule has 0 spiro atoms. The number of benzene rings is 1. The zero-order chi connectivity index (χ0) is 13.6. The molecule has 1 fully saturated rings. The van der Waals surface area contributed by atoms with Crippen LogP contribution in [0.2, 0.25) is 0 Å². The third kappa shape index (κ3) is 1.87. The maximum Gasteiger partial charge on any atom is 0.156 e. The van der Waals surface area contributed by atoms with E-state index in [1.165, 1.54) is 0 Å². The summed E-state index contributed by atoms with van der Waals surface area (Å²) in [5.74, 6) is 0.811. The molecule has 2 N–H and O–H groups in total. The van der Waals surface area contributed by atoms with Gasteiger partial charge in [-0.2, -0.15) is 5.10 Å². The van der Waals surface area contributed by atoms with E-state index in [1.54, 1.807) is 0 Å². The number of aliphatic hydroxyl groups is 1. The molecule has 1 heterocycles. The average molecular weight is 257 g/mol. The number of hydrogen-bond donors (Lipinski definition) is 2. The number of fused-ring (bicyclic) bond motifs is 1. The summed E-state index contributed by atoms with van der Waals surface area (Å²) in [6.07, 6.45) is 0.520. The standard InChI is InChI=1S/C15H19N3O/c1-9-10-6-4-5-7-11(10)14(18-17-9)16-12-8-13(19)15(12,2)3/h4-7,12-13,19H,8H2,1-3H3,(H,16,18). The Balaban J connectivity index is 1.97. The van der Waals surface area contributed by atoms with E-state index in [0.29, 0.717) is 0 Å². The van der Waals surface area contributed by atoms with Crippen LogP contribution in [0.25, 0.3) is 10.8 Å². The number of aromatic nitrogens is 2. The van der Waals surface area contributed by atoms with Gasteiger partial charge in [0.1, 0.15) is 0 Å². The smallest absolute Gasteiger partial charge is 0.156 e. The Morgan fingerprint density at radius 2 is 1.89 bits per heavy atom. The normalized spacial score (nSPS) is 25.1. The second-order valence-corrected chi connectivity index (χ2v) is 5.95. The summed E-state index contributed by atoms with van der Waals surface area (Å²) in [7, 11) is 0. The molecular weight excluding hydrogens is 238 g/mol. The molecule has 0 saturated heterocycles. The average Bonchev–Trinajstić information content (AvgIpc) is 2.41. The summed E-state index contributed by atoms with van der Waals surface area (Å²) in [6.45, 7) is 6.11. The van der Waals surface area contributed by atoms with E-state index in [2.05, 4.69) is 41.5 Å². The van der Waals surface area contributed by atoms with Crippen LogP contribution in [0.4, 0.5) is 5.82 Å². The number of nitrogens with one attached hydrogen (secondary N) is 1. The van der Waals surface area contributed by atoms with Crippen molar-refractivity contribution in [1.82, 2.24) is 10.2 Å². The van der Waals surface area contributed by atoms with Crippen molar-refractivity contribution in [2.75, 3.05) is 5.32 Å². The molecule has 1 aromatic carbocycles. The highest BCUT2D eigenvalue weighted by Crippen LogP contribution is 2.42. The second-order valence-electron chi connectivity index (χ2n) is 5.95. The Morgan fingerprint density at radius 1 is 1.21 bits per heavy atom. The minimum atomic E-state index is -0.241. The van der Waals surface area contributed by atoms with Crippen molar-refractivity contribution < 1.29 is 5.11 Å². The predicted molar refractivity (Wildman–Crippen MR) is 76.1 cm³/mol. The van der Waals surface area contributed by atoms with Crippen molar-refractivity contribution in [1.29, 1.82) is 0 Å². The third-order valence-electron chi connectivity index (χ3n) is 4.40. The van der Waals surface area contributed by atoms with E-state index in [1.807, 2.05) is 19.1 Å². The lowest BCUT2D eigenvalue weighted by Crippen LogP contribution is -2.57. The Labute approximate surface area is 112 Å². The zero-order valence-electron chi connectivity index (χ0n) is 11.5. The molecule has 0 radical (unpaired) electrons. The highest BCUT2D eigenvalue weighted by Gasteiger charge is 2.47. The van der Waals surface area contributed by atoms with Crippen LogP contribution in [0.1, 0.15) is 26.0 Å². The van der Waals surface area contributed by atoms with Gasteiger partial charge < -0.3 is 10.4 Å². The fraction of sp³-hybridized carbons (Fsp3) is 0.467. The summed E-state index contributed by atoms with van der Waals surface area (Å²) >= 11 is 0. The Bertz CT molecular complexity index is 624. The molecule has 2 aromatic rings. The number of rotatable bonds is 2. The highest BCUT2D eigenvalue weighted by molar-refractivity contribution is 5.93. The largest absolute Gasteiger partial charge is 0.392 e. The van der Waals surface area contributed by atoms with Crippen molar-refractivity contribution >= 4 is 16.6 Å². The van der Waals surface area contributed by atoms with Crippen LogP contribution in [-0.4, -0.2) is 27.4 Å². The first-order valence-corrected chi connectivity index (χ1v) is 6.67. The van der Waals surface area contributed by atoms with Gasteiger partial charge >= 0.3 is 0 Å². The molecule has 2 unspecified atom stereocenters.